The zero-order chi connectivity index (χ0) is 16.0. The van der Waals surface area contributed by atoms with Gasteiger partial charge in [0.15, 0.2) is 0 Å². The van der Waals surface area contributed by atoms with Crippen molar-refractivity contribution in [3.8, 4) is 0 Å². The standard InChI is InChI=1S/C14H27N3O3/c1-13(2,3)10(7-15-9-19)16-12(20)17-11(8-18)14(4,5)6/h8-11H,7H2,1-6H3,(H,15,19)(H2,16,17,20). The average Bonchev–Trinajstić information content (AvgIpc) is 2.28. The molecule has 0 heterocycles. The van der Waals surface area contributed by atoms with Crippen LogP contribution in [-0.4, -0.2) is 37.4 Å². The molecule has 0 aliphatic rings. The Bertz CT molecular complexity index is 343. The van der Waals surface area contributed by atoms with Gasteiger partial charge in [-0.05, 0) is 10.8 Å². The third-order valence-corrected chi connectivity index (χ3v) is 3.11. The van der Waals surface area contributed by atoms with Gasteiger partial charge in [0, 0.05) is 6.54 Å². The monoisotopic (exact) mass is 285 g/mol. The Morgan fingerprint density at radius 2 is 1.55 bits per heavy atom. The average molecular weight is 285 g/mol. The number of carbonyl (C=O) groups is 3. The molecule has 6 nitrogen and oxygen atoms in total. The molecule has 0 aromatic carbocycles. The van der Waals surface area contributed by atoms with Crippen molar-refractivity contribution in [1.82, 2.24) is 16.0 Å². The Morgan fingerprint density at radius 1 is 1.00 bits per heavy atom. The van der Waals surface area contributed by atoms with E-state index < -0.39 is 12.1 Å². The molecule has 116 valence electrons. The van der Waals surface area contributed by atoms with E-state index in [-0.39, 0.29) is 16.9 Å². The quantitative estimate of drug-likeness (QED) is 0.638. The predicted octanol–water partition coefficient (Wildman–Crippen LogP) is 1.06. The van der Waals surface area contributed by atoms with Crippen LogP contribution in [0.5, 0.6) is 0 Å². The maximum absolute atomic E-state index is 12.0. The highest BCUT2D eigenvalue weighted by atomic mass is 16.2. The molecule has 0 aliphatic heterocycles. The lowest BCUT2D eigenvalue weighted by Crippen LogP contribution is -2.56. The van der Waals surface area contributed by atoms with E-state index in [2.05, 4.69) is 16.0 Å². The van der Waals surface area contributed by atoms with Crippen LogP contribution in [0.4, 0.5) is 4.79 Å². The van der Waals surface area contributed by atoms with Gasteiger partial charge in [0.2, 0.25) is 6.41 Å². The van der Waals surface area contributed by atoms with Crippen molar-refractivity contribution in [3.05, 3.63) is 0 Å². The highest BCUT2D eigenvalue weighted by molar-refractivity contribution is 5.78. The molecule has 20 heavy (non-hydrogen) atoms. The van der Waals surface area contributed by atoms with Crippen molar-refractivity contribution < 1.29 is 14.4 Å². The first-order chi connectivity index (χ1) is 9.02. The van der Waals surface area contributed by atoms with Crippen LogP contribution in [-0.2, 0) is 9.59 Å². The topological polar surface area (TPSA) is 87.3 Å². The van der Waals surface area contributed by atoms with Crippen LogP contribution >= 0.6 is 0 Å². The second-order valence-corrected chi connectivity index (χ2v) is 7.04. The van der Waals surface area contributed by atoms with E-state index in [1.807, 2.05) is 41.5 Å². The Kier molecular flexibility index (Phi) is 6.68. The molecule has 0 bridgehead atoms. The molecule has 0 aromatic rings. The summed E-state index contributed by atoms with van der Waals surface area (Å²) in [4.78, 5) is 33.4. The normalized spacial score (nSPS) is 14.9. The summed E-state index contributed by atoms with van der Waals surface area (Å²) in [5.41, 5.74) is -0.566. The van der Waals surface area contributed by atoms with Gasteiger partial charge in [-0.15, -0.1) is 0 Å². The van der Waals surface area contributed by atoms with Crippen molar-refractivity contribution in [2.24, 2.45) is 10.8 Å². The summed E-state index contributed by atoms with van der Waals surface area (Å²) in [5, 5.41) is 8.01. The van der Waals surface area contributed by atoms with Crippen molar-refractivity contribution >= 4 is 18.7 Å². The van der Waals surface area contributed by atoms with Crippen LogP contribution < -0.4 is 16.0 Å². The van der Waals surface area contributed by atoms with E-state index in [1.54, 1.807) is 0 Å². The second-order valence-electron chi connectivity index (χ2n) is 7.04. The molecule has 0 saturated heterocycles. The molecule has 0 spiro atoms. The van der Waals surface area contributed by atoms with Crippen molar-refractivity contribution in [2.45, 2.75) is 53.6 Å². The first-order valence-electron chi connectivity index (χ1n) is 6.71. The number of hydrogen-bond donors (Lipinski definition) is 3. The minimum Gasteiger partial charge on any atom is -0.357 e. The summed E-state index contributed by atoms with van der Waals surface area (Å²) in [6.07, 6.45) is 1.33. The molecule has 3 N–H and O–H groups in total. The second kappa shape index (κ2) is 7.26. The molecule has 0 radical (unpaired) electrons. The van der Waals surface area contributed by atoms with E-state index in [0.29, 0.717) is 13.0 Å². The number of aldehydes is 1. The summed E-state index contributed by atoms with van der Waals surface area (Å²) < 4.78 is 0. The first kappa shape index (κ1) is 18.4. The predicted molar refractivity (Wildman–Crippen MR) is 78.3 cm³/mol. The van der Waals surface area contributed by atoms with Gasteiger partial charge >= 0.3 is 6.03 Å². The van der Waals surface area contributed by atoms with Gasteiger partial charge in [0.1, 0.15) is 6.29 Å². The lowest BCUT2D eigenvalue weighted by atomic mass is 9.86. The fraction of sp³-hybridized carbons (Fsp3) is 0.786. The molecule has 3 amide bonds. The van der Waals surface area contributed by atoms with Crippen LogP contribution in [0.1, 0.15) is 41.5 Å². The molecule has 2 unspecified atom stereocenters. The Labute approximate surface area is 121 Å². The molecule has 0 saturated carbocycles. The van der Waals surface area contributed by atoms with Crippen molar-refractivity contribution in [1.29, 1.82) is 0 Å². The maximum Gasteiger partial charge on any atom is 0.315 e. The SMILES string of the molecule is CC(C)(C)C(C=O)NC(=O)NC(CNC=O)C(C)(C)C. The van der Waals surface area contributed by atoms with Crippen LogP contribution in [0.2, 0.25) is 0 Å². The Hall–Kier alpha value is -1.59. The molecule has 0 rings (SSSR count). The fourth-order valence-corrected chi connectivity index (χ4v) is 1.54. The van der Waals surface area contributed by atoms with Gasteiger partial charge in [0.05, 0.1) is 12.1 Å². The van der Waals surface area contributed by atoms with Gasteiger partial charge in [-0.1, -0.05) is 41.5 Å². The maximum atomic E-state index is 12.0. The van der Waals surface area contributed by atoms with Gasteiger partial charge in [0.25, 0.3) is 0 Å². The van der Waals surface area contributed by atoms with Gasteiger partial charge in [-0.25, -0.2) is 4.79 Å². The lowest BCUT2D eigenvalue weighted by molar-refractivity contribution is -0.111. The van der Waals surface area contributed by atoms with E-state index in [4.69, 9.17) is 0 Å². The number of hydrogen-bond acceptors (Lipinski definition) is 3. The number of rotatable bonds is 6. The molecule has 2 atom stereocenters. The highest BCUT2D eigenvalue weighted by Gasteiger charge is 2.29. The number of carbonyl (C=O) groups excluding carboxylic acids is 3. The van der Waals surface area contributed by atoms with Crippen LogP contribution in [0.25, 0.3) is 0 Å². The lowest BCUT2D eigenvalue weighted by Gasteiger charge is -2.33. The summed E-state index contributed by atoms with van der Waals surface area (Å²) in [6, 6.07) is -1.22. The minimum absolute atomic E-state index is 0.217. The van der Waals surface area contributed by atoms with E-state index in [1.165, 1.54) is 0 Å². The molecular weight excluding hydrogens is 258 g/mol. The van der Waals surface area contributed by atoms with Crippen LogP contribution in [0, 0.1) is 10.8 Å². The first-order valence-corrected chi connectivity index (χ1v) is 6.71. The molecule has 6 heteroatoms. The van der Waals surface area contributed by atoms with E-state index in [9.17, 15) is 14.4 Å². The third kappa shape index (κ3) is 6.54. The molecule has 0 fully saturated rings. The van der Waals surface area contributed by atoms with Gasteiger partial charge < -0.3 is 20.7 Å². The minimum atomic E-state index is -0.567. The van der Waals surface area contributed by atoms with Crippen LogP contribution in [0.15, 0.2) is 0 Å². The third-order valence-electron chi connectivity index (χ3n) is 3.11. The zero-order valence-corrected chi connectivity index (χ0v) is 13.2. The number of nitrogens with one attached hydrogen (secondary N) is 3. The summed E-state index contributed by atoms with van der Waals surface area (Å²) >= 11 is 0. The molecule has 0 aliphatic carbocycles. The summed E-state index contributed by atoms with van der Waals surface area (Å²) in [5.74, 6) is 0. The van der Waals surface area contributed by atoms with Crippen molar-refractivity contribution in [3.63, 3.8) is 0 Å². The van der Waals surface area contributed by atoms with Gasteiger partial charge in [-0.3, -0.25) is 4.79 Å². The molecule has 0 aromatic heterocycles. The number of amides is 3. The fourth-order valence-electron chi connectivity index (χ4n) is 1.54. The summed E-state index contributed by atoms with van der Waals surface area (Å²) in [7, 11) is 0. The Balaban J connectivity index is 4.68. The highest BCUT2D eigenvalue weighted by Crippen LogP contribution is 2.20. The van der Waals surface area contributed by atoms with E-state index >= 15 is 0 Å². The van der Waals surface area contributed by atoms with E-state index in [0.717, 1.165) is 6.29 Å². The smallest absolute Gasteiger partial charge is 0.315 e. The summed E-state index contributed by atoms with van der Waals surface area (Å²) in [6.45, 7) is 11.9. The largest absolute Gasteiger partial charge is 0.357 e. The van der Waals surface area contributed by atoms with Crippen molar-refractivity contribution in [2.75, 3.05) is 6.54 Å². The Morgan fingerprint density at radius 3 is 1.90 bits per heavy atom. The zero-order valence-electron chi connectivity index (χ0n) is 13.2. The van der Waals surface area contributed by atoms with Crippen LogP contribution in [0.3, 0.4) is 0 Å². The number of urea groups is 1. The van der Waals surface area contributed by atoms with Gasteiger partial charge in [-0.2, -0.15) is 0 Å². The molecular formula is C14H27N3O3.